The summed E-state index contributed by atoms with van der Waals surface area (Å²) in [7, 11) is 1.70. The van der Waals surface area contributed by atoms with Crippen molar-refractivity contribution < 1.29 is 9.53 Å². The van der Waals surface area contributed by atoms with Gasteiger partial charge in [0.15, 0.2) is 0 Å². The average Bonchev–Trinajstić information content (AvgIpc) is 2.99. The molecular weight excluding hydrogens is 300 g/mol. The number of amides is 1. The minimum Gasteiger partial charge on any atom is -0.497 e. The second-order valence-corrected chi connectivity index (χ2v) is 7.28. The molecule has 1 amide bonds. The van der Waals surface area contributed by atoms with Gasteiger partial charge in [-0.15, -0.1) is 0 Å². The van der Waals surface area contributed by atoms with E-state index in [-0.39, 0.29) is 17.9 Å². The highest BCUT2D eigenvalue weighted by molar-refractivity contribution is 5.86. The van der Waals surface area contributed by atoms with E-state index in [1.807, 2.05) is 6.07 Å². The molecule has 2 N–H and O–H groups in total. The lowest BCUT2D eigenvalue weighted by Gasteiger charge is -2.27. The molecule has 0 radical (unpaired) electrons. The molecule has 1 heterocycles. The van der Waals surface area contributed by atoms with E-state index in [4.69, 9.17) is 4.74 Å². The molecule has 1 aromatic heterocycles. The summed E-state index contributed by atoms with van der Waals surface area (Å²) in [5.74, 6) is 1.40. The molecule has 1 unspecified atom stereocenters. The molecule has 1 atom stereocenters. The van der Waals surface area contributed by atoms with Crippen LogP contribution in [0.3, 0.4) is 0 Å². The van der Waals surface area contributed by atoms with Gasteiger partial charge in [0.25, 0.3) is 0 Å². The summed E-state index contributed by atoms with van der Waals surface area (Å²) >= 11 is 0. The Morgan fingerprint density at radius 1 is 1.21 bits per heavy atom. The number of aromatic nitrogens is 1. The van der Waals surface area contributed by atoms with Gasteiger partial charge in [0.1, 0.15) is 5.75 Å². The van der Waals surface area contributed by atoms with Gasteiger partial charge in [-0.3, -0.25) is 4.79 Å². The Morgan fingerprint density at radius 3 is 2.83 bits per heavy atom. The Balaban J connectivity index is 1.51. The molecule has 1 aromatic carbocycles. The second-order valence-electron chi connectivity index (χ2n) is 7.28. The number of benzene rings is 1. The van der Waals surface area contributed by atoms with Crippen LogP contribution < -0.4 is 10.1 Å². The van der Waals surface area contributed by atoms with Gasteiger partial charge in [-0.1, -0.05) is 19.3 Å². The standard InChI is InChI=1S/C20H26N2O2/c1-24-15-8-10-19-17(12-15)16-11-14(7-9-18(16)22-19)21-20(23)13-5-3-2-4-6-13/h8,10,12-14,22H,2-7,9,11H2,1H3,(H,21,23). The Kier molecular flexibility index (Phi) is 4.21. The van der Waals surface area contributed by atoms with Gasteiger partial charge >= 0.3 is 0 Å². The summed E-state index contributed by atoms with van der Waals surface area (Å²) in [6.07, 6.45) is 8.76. The molecule has 0 spiro atoms. The van der Waals surface area contributed by atoms with Crippen molar-refractivity contribution in [2.24, 2.45) is 5.92 Å². The van der Waals surface area contributed by atoms with E-state index in [9.17, 15) is 4.79 Å². The van der Waals surface area contributed by atoms with E-state index in [2.05, 4.69) is 22.4 Å². The van der Waals surface area contributed by atoms with Gasteiger partial charge in [0.2, 0.25) is 5.91 Å². The number of aryl methyl sites for hydroxylation is 1. The Labute approximate surface area is 143 Å². The van der Waals surface area contributed by atoms with Crippen molar-refractivity contribution in [2.45, 2.75) is 57.4 Å². The van der Waals surface area contributed by atoms with Crippen molar-refractivity contribution in [1.29, 1.82) is 0 Å². The third-order valence-corrected chi connectivity index (χ3v) is 5.72. The molecule has 2 aliphatic rings. The number of methoxy groups -OCH3 is 1. The average molecular weight is 326 g/mol. The zero-order valence-electron chi connectivity index (χ0n) is 14.4. The highest BCUT2D eigenvalue weighted by Gasteiger charge is 2.27. The lowest BCUT2D eigenvalue weighted by atomic mass is 9.87. The van der Waals surface area contributed by atoms with Crippen LogP contribution in [0, 0.1) is 5.92 Å². The molecule has 4 nitrogen and oxygen atoms in total. The second kappa shape index (κ2) is 6.50. The zero-order valence-corrected chi connectivity index (χ0v) is 14.4. The Bertz CT molecular complexity index is 743. The molecule has 1 fully saturated rings. The summed E-state index contributed by atoms with van der Waals surface area (Å²) in [5, 5.41) is 4.57. The van der Waals surface area contributed by atoms with Crippen LogP contribution in [0.1, 0.15) is 49.8 Å². The van der Waals surface area contributed by atoms with Crippen molar-refractivity contribution in [3.8, 4) is 5.75 Å². The van der Waals surface area contributed by atoms with E-state index in [1.165, 1.54) is 41.4 Å². The van der Waals surface area contributed by atoms with Gasteiger partial charge in [-0.05, 0) is 55.9 Å². The van der Waals surface area contributed by atoms with Crippen LogP contribution in [-0.4, -0.2) is 24.0 Å². The molecule has 2 aromatic rings. The van der Waals surface area contributed by atoms with Crippen LogP contribution in [0.25, 0.3) is 10.9 Å². The Hall–Kier alpha value is -1.97. The number of aromatic amines is 1. The predicted octanol–water partition coefficient (Wildman–Crippen LogP) is 3.73. The molecule has 128 valence electrons. The number of fused-ring (bicyclic) bond motifs is 3. The van der Waals surface area contributed by atoms with Crippen LogP contribution in [0.5, 0.6) is 5.75 Å². The molecule has 2 aliphatic carbocycles. The molecule has 4 rings (SSSR count). The summed E-state index contributed by atoms with van der Waals surface area (Å²) in [6, 6.07) is 6.45. The van der Waals surface area contributed by atoms with E-state index in [0.717, 1.165) is 37.9 Å². The number of ether oxygens (including phenoxy) is 1. The van der Waals surface area contributed by atoms with E-state index >= 15 is 0 Å². The first kappa shape index (κ1) is 15.6. The third kappa shape index (κ3) is 2.90. The van der Waals surface area contributed by atoms with Crippen molar-refractivity contribution in [3.63, 3.8) is 0 Å². The minimum atomic E-state index is 0.239. The quantitative estimate of drug-likeness (QED) is 0.903. The van der Waals surface area contributed by atoms with Gasteiger partial charge in [-0.25, -0.2) is 0 Å². The van der Waals surface area contributed by atoms with Gasteiger partial charge in [0.05, 0.1) is 7.11 Å². The highest BCUT2D eigenvalue weighted by Crippen LogP contribution is 2.32. The monoisotopic (exact) mass is 326 g/mol. The molecule has 0 bridgehead atoms. The number of H-pyrrole nitrogens is 1. The van der Waals surface area contributed by atoms with Crippen LogP contribution >= 0.6 is 0 Å². The number of carbonyl (C=O) groups excluding carboxylic acids is 1. The number of hydrogen-bond donors (Lipinski definition) is 2. The smallest absolute Gasteiger partial charge is 0.223 e. The maximum Gasteiger partial charge on any atom is 0.223 e. The lowest BCUT2D eigenvalue weighted by molar-refractivity contribution is -0.126. The minimum absolute atomic E-state index is 0.239. The first-order valence-electron chi connectivity index (χ1n) is 9.22. The maximum absolute atomic E-state index is 12.5. The zero-order chi connectivity index (χ0) is 16.5. The van der Waals surface area contributed by atoms with E-state index in [0.29, 0.717) is 0 Å². The van der Waals surface area contributed by atoms with E-state index in [1.54, 1.807) is 7.11 Å². The number of rotatable bonds is 3. The molecule has 24 heavy (non-hydrogen) atoms. The Morgan fingerprint density at radius 2 is 2.04 bits per heavy atom. The molecule has 0 saturated heterocycles. The first-order valence-corrected chi connectivity index (χ1v) is 9.22. The fourth-order valence-corrected chi connectivity index (χ4v) is 4.33. The topological polar surface area (TPSA) is 54.1 Å². The molecule has 4 heteroatoms. The maximum atomic E-state index is 12.5. The van der Waals surface area contributed by atoms with Crippen molar-refractivity contribution >= 4 is 16.8 Å². The SMILES string of the molecule is COc1ccc2[nH]c3c(c2c1)CC(NC(=O)C1CCCCC1)CC3. The highest BCUT2D eigenvalue weighted by atomic mass is 16.5. The van der Waals surface area contributed by atoms with Gasteiger partial charge < -0.3 is 15.0 Å². The lowest BCUT2D eigenvalue weighted by Crippen LogP contribution is -2.42. The molecular formula is C20H26N2O2. The van der Waals surface area contributed by atoms with Gasteiger partial charge in [0, 0.05) is 28.6 Å². The van der Waals surface area contributed by atoms with Crippen LogP contribution in [0.4, 0.5) is 0 Å². The van der Waals surface area contributed by atoms with Crippen molar-refractivity contribution in [2.75, 3.05) is 7.11 Å². The van der Waals surface area contributed by atoms with Gasteiger partial charge in [-0.2, -0.15) is 0 Å². The summed E-state index contributed by atoms with van der Waals surface area (Å²) in [6.45, 7) is 0. The number of carbonyl (C=O) groups is 1. The molecule has 1 saturated carbocycles. The van der Waals surface area contributed by atoms with Crippen LogP contribution in [0.2, 0.25) is 0 Å². The number of hydrogen-bond acceptors (Lipinski definition) is 2. The fourth-order valence-electron chi connectivity index (χ4n) is 4.33. The first-order chi connectivity index (χ1) is 11.7. The van der Waals surface area contributed by atoms with Crippen LogP contribution in [0.15, 0.2) is 18.2 Å². The van der Waals surface area contributed by atoms with Crippen molar-refractivity contribution in [1.82, 2.24) is 10.3 Å². The van der Waals surface area contributed by atoms with Crippen LogP contribution in [-0.2, 0) is 17.6 Å². The molecule has 0 aliphatic heterocycles. The predicted molar refractivity (Wildman–Crippen MR) is 95.4 cm³/mol. The largest absolute Gasteiger partial charge is 0.497 e. The third-order valence-electron chi connectivity index (χ3n) is 5.72. The van der Waals surface area contributed by atoms with Crippen molar-refractivity contribution in [3.05, 3.63) is 29.5 Å². The summed E-state index contributed by atoms with van der Waals surface area (Å²) < 4.78 is 5.37. The normalized spacial score (nSPS) is 21.5. The fraction of sp³-hybridized carbons (Fsp3) is 0.550. The summed E-state index contributed by atoms with van der Waals surface area (Å²) in [4.78, 5) is 16.1. The number of nitrogens with one attached hydrogen (secondary N) is 2. The summed E-state index contributed by atoms with van der Waals surface area (Å²) in [5.41, 5.74) is 3.84. The van der Waals surface area contributed by atoms with E-state index < -0.39 is 0 Å².